The molecule has 0 saturated carbocycles. The van der Waals surface area contributed by atoms with Gasteiger partial charge in [0.2, 0.25) is 0 Å². The number of azo groups is 1. The number of benzene rings is 1. The van der Waals surface area contributed by atoms with Gasteiger partial charge < -0.3 is 9.32 Å². The van der Waals surface area contributed by atoms with Gasteiger partial charge in [-0.2, -0.15) is 10.2 Å². The summed E-state index contributed by atoms with van der Waals surface area (Å²) in [6.45, 7) is 0.505. The average Bonchev–Trinajstić information content (AvgIpc) is 3.10. The Morgan fingerprint density at radius 2 is 1.87 bits per heavy atom. The molecule has 0 saturated heterocycles. The summed E-state index contributed by atoms with van der Waals surface area (Å²) in [4.78, 5) is 10.2. The van der Waals surface area contributed by atoms with Gasteiger partial charge in [0.15, 0.2) is 12.2 Å². The van der Waals surface area contributed by atoms with Crippen LogP contribution in [0, 0.1) is 0 Å². The number of pyridine rings is 1. The van der Waals surface area contributed by atoms with E-state index in [2.05, 4.69) is 20.2 Å². The number of oxazole rings is 1. The second-order valence-electron chi connectivity index (χ2n) is 5.23. The topological polar surface area (TPSA) is 66.9 Å². The van der Waals surface area contributed by atoms with Crippen molar-refractivity contribution in [3.8, 4) is 11.3 Å². The highest BCUT2D eigenvalue weighted by molar-refractivity contribution is 5.59. The van der Waals surface area contributed by atoms with Crippen LogP contribution in [0.2, 0.25) is 0 Å². The molecule has 2 aromatic heterocycles. The molecule has 0 aliphatic rings. The molecule has 0 fully saturated rings. The zero-order valence-corrected chi connectivity index (χ0v) is 13.0. The number of aromatic nitrogens is 2. The second kappa shape index (κ2) is 6.83. The van der Waals surface area contributed by atoms with Gasteiger partial charge in [0.05, 0.1) is 18.4 Å². The first-order valence-corrected chi connectivity index (χ1v) is 7.21. The van der Waals surface area contributed by atoms with Crippen molar-refractivity contribution in [2.75, 3.05) is 19.0 Å². The fourth-order valence-electron chi connectivity index (χ4n) is 2.02. The van der Waals surface area contributed by atoms with Gasteiger partial charge in [0.1, 0.15) is 5.82 Å². The molecule has 0 aliphatic carbocycles. The van der Waals surface area contributed by atoms with Crippen LogP contribution < -0.4 is 4.90 Å². The minimum atomic E-state index is 0.505. The van der Waals surface area contributed by atoms with Crippen molar-refractivity contribution in [2.45, 2.75) is 6.54 Å². The van der Waals surface area contributed by atoms with E-state index in [9.17, 15) is 0 Å². The van der Waals surface area contributed by atoms with Gasteiger partial charge >= 0.3 is 0 Å². The number of rotatable bonds is 5. The highest BCUT2D eigenvalue weighted by Gasteiger charge is 2.01. The highest BCUT2D eigenvalue weighted by Crippen LogP contribution is 2.22. The average molecular weight is 307 g/mol. The monoisotopic (exact) mass is 307 g/mol. The summed E-state index contributed by atoms with van der Waals surface area (Å²) in [5.74, 6) is 1.66. The van der Waals surface area contributed by atoms with Crippen LogP contribution in [-0.2, 0) is 6.54 Å². The molecule has 0 atom stereocenters. The van der Waals surface area contributed by atoms with E-state index in [0.717, 1.165) is 28.4 Å². The zero-order chi connectivity index (χ0) is 16.1. The number of hydrogen-bond acceptors (Lipinski definition) is 6. The summed E-state index contributed by atoms with van der Waals surface area (Å²) in [6, 6.07) is 11.6. The maximum Gasteiger partial charge on any atom is 0.181 e. The van der Waals surface area contributed by atoms with Gasteiger partial charge in [0.25, 0.3) is 0 Å². The molecule has 116 valence electrons. The van der Waals surface area contributed by atoms with E-state index < -0.39 is 0 Å². The number of nitrogens with zero attached hydrogens (tertiary/aromatic N) is 5. The fourth-order valence-corrected chi connectivity index (χ4v) is 2.02. The van der Waals surface area contributed by atoms with Crippen molar-refractivity contribution >= 4 is 11.5 Å². The van der Waals surface area contributed by atoms with E-state index in [1.807, 2.05) is 61.6 Å². The molecule has 0 bridgehead atoms. The molecular formula is C17H17N5O. The third-order valence-corrected chi connectivity index (χ3v) is 3.29. The summed E-state index contributed by atoms with van der Waals surface area (Å²) >= 11 is 0. The molecule has 0 N–H and O–H groups in total. The lowest BCUT2D eigenvalue weighted by atomic mass is 10.2. The molecule has 3 aromatic rings. The van der Waals surface area contributed by atoms with Gasteiger partial charge in [-0.3, -0.25) is 0 Å². The quantitative estimate of drug-likeness (QED) is 0.666. The Morgan fingerprint density at radius 3 is 2.48 bits per heavy atom. The molecule has 0 amide bonds. The lowest BCUT2D eigenvalue weighted by Crippen LogP contribution is -2.10. The fraction of sp³-hybridized carbons (Fsp3) is 0.176. The number of hydrogen-bond donors (Lipinski definition) is 0. The molecule has 6 nitrogen and oxygen atoms in total. The minimum absolute atomic E-state index is 0.505. The maximum absolute atomic E-state index is 5.25. The molecule has 23 heavy (non-hydrogen) atoms. The van der Waals surface area contributed by atoms with E-state index in [1.165, 1.54) is 6.39 Å². The van der Waals surface area contributed by atoms with E-state index in [4.69, 9.17) is 4.42 Å². The Balaban J connectivity index is 1.61. The predicted octanol–water partition coefficient (Wildman–Crippen LogP) is 4.09. The Kier molecular flexibility index (Phi) is 4.42. The first-order chi connectivity index (χ1) is 11.2. The molecular weight excluding hydrogens is 290 g/mol. The Bertz CT molecular complexity index is 762. The van der Waals surface area contributed by atoms with Crippen LogP contribution in [0.3, 0.4) is 0 Å². The van der Waals surface area contributed by atoms with Crippen LogP contribution in [0.1, 0.15) is 5.56 Å². The van der Waals surface area contributed by atoms with Crippen LogP contribution in [0.15, 0.2) is 69.8 Å². The molecule has 0 spiro atoms. The Labute approximate surface area is 134 Å². The first-order valence-electron chi connectivity index (χ1n) is 7.21. The lowest BCUT2D eigenvalue weighted by Gasteiger charge is -2.10. The van der Waals surface area contributed by atoms with Crippen LogP contribution in [0.5, 0.6) is 0 Å². The molecule has 0 radical (unpaired) electrons. The van der Waals surface area contributed by atoms with Crippen molar-refractivity contribution < 1.29 is 4.42 Å². The largest absolute Gasteiger partial charge is 0.444 e. The van der Waals surface area contributed by atoms with Crippen molar-refractivity contribution in [2.24, 2.45) is 10.2 Å². The van der Waals surface area contributed by atoms with Crippen molar-refractivity contribution in [3.63, 3.8) is 0 Å². The minimum Gasteiger partial charge on any atom is -0.444 e. The molecule has 0 unspecified atom stereocenters. The summed E-state index contributed by atoms with van der Waals surface area (Å²) in [5.41, 5.74) is 2.79. The van der Waals surface area contributed by atoms with E-state index >= 15 is 0 Å². The molecule has 0 aliphatic heterocycles. The highest BCUT2D eigenvalue weighted by atomic mass is 16.3. The summed E-state index contributed by atoms with van der Waals surface area (Å²) in [5, 5.41) is 8.44. The van der Waals surface area contributed by atoms with Gasteiger partial charge in [-0.25, -0.2) is 9.97 Å². The Morgan fingerprint density at radius 1 is 1.04 bits per heavy atom. The predicted molar refractivity (Wildman–Crippen MR) is 88.7 cm³/mol. The third-order valence-electron chi connectivity index (χ3n) is 3.29. The summed E-state index contributed by atoms with van der Waals surface area (Å²) in [6.07, 6.45) is 4.92. The smallest absolute Gasteiger partial charge is 0.181 e. The van der Waals surface area contributed by atoms with E-state index in [1.54, 1.807) is 6.20 Å². The molecule has 3 rings (SSSR count). The van der Waals surface area contributed by atoms with Crippen LogP contribution in [0.4, 0.5) is 11.5 Å². The van der Waals surface area contributed by atoms with Gasteiger partial charge in [-0.1, -0.05) is 6.07 Å². The van der Waals surface area contributed by atoms with Crippen molar-refractivity contribution in [1.82, 2.24) is 9.97 Å². The molecule has 2 heterocycles. The van der Waals surface area contributed by atoms with E-state index in [0.29, 0.717) is 6.54 Å². The molecule has 6 heteroatoms. The summed E-state index contributed by atoms with van der Waals surface area (Å²) in [7, 11) is 3.92. The SMILES string of the molecule is CN(C)c1ccc(CN=Nc2ccc(-c3cnco3)cc2)cn1. The normalized spacial score (nSPS) is 11.0. The maximum atomic E-state index is 5.25. The first kappa shape index (κ1) is 14.9. The molecule has 1 aromatic carbocycles. The number of anilines is 1. The lowest BCUT2D eigenvalue weighted by molar-refractivity contribution is 0.572. The van der Waals surface area contributed by atoms with Crippen molar-refractivity contribution in [1.29, 1.82) is 0 Å². The van der Waals surface area contributed by atoms with Gasteiger partial charge in [-0.05, 0) is 35.9 Å². The van der Waals surface area contributed by atoms with Crippen LogP contribution >= 0.6 is 0 Å². The van der Waals surface area contributed by atoms with Crippen LogP contribution in [-0.4, -0.2) is 24.1 Å². The van der Waals surface area contributed by atoms with Gasteiger partial charge in [-0.15, -0.1) is 0 Å². The van der Waals surface area contributed by atoms with Crippen molar-refractivity contribution in [3.05, 3.63) is 60.7 Å². The standard InChI is InChI=1S/C17H17N5O/c1-22(2)17-8-3-13(9-19-17)10-20-21-15-6-4-14(5-7-15)16-11-18-12-23-16/h3-9,11-12H,10H2,1-2H3. The zero-order valence-electron chi connectivity index (χ0n) is 13.0. The summed E-state index contributed by atoms with van der Waals surface area (Å²) < 4.78 is 5.25. The van der Waals surface area contributed by atoms with E-state index in [-0.39, 0.29) is 0 Å². The Hall–Kier alpha value is -3.02. The second-order valence-corrected chi connectivity index (χ2v) is 5.23. The third kappa shape index (κ3) is 3.79. The van der Waals surface area contributed by atoms with Crippen LogP contribution in [0.25, 0.3) is 11.3 Å². The van der Waals surface area contributed by atoms with Gasteiger partial charge in [0, 0.05) is 25.9 Å².